The monoisotopic (exact) mass is 462 g/mol. The number of ether oxygens (including phenoxy) is 1. The van der Waals surface area contributed by atoms with Gasteiger partial charge in [0.25, 0.3) is 0 Å². The number of nitrogens with one attached hydrogen (secondary N) is 1. The lowest BCUT2D eigenvalue weighted by atomic mass is 9.76. The highest BCUT2D eigenvalue weighted by atomic mass is 16.5. The van der Waals surface area contributed by atoms with Crippen LogP contribution in [0.15, 0.2) is 61.2 Å². The molecule has 1 fully saturated rings. The number of amides is 2. The first-order valence-corrected chi connectivity index (χ1v) is 11.6. The van der Waals surface area contributed by atoms with Crippen molar-refractivity contribution in [3.05, 3.63) is 72.3 Å². The van der Waals surface area contributed by atoms with E-state index in [1.54, 1.807) is 6.08 Å². The molecule has 0 saturated carbocycles. The van der Waals surface area contributed by atoms with Gasteiger partial charge in [0, 0.05) is 31.5 Å². The van der Waals surface area contributed by atoms with Crippen LogP contribution in [0.1, 0.15) is 43.2 Å². The van der Waals surface area contributed by atoms with Gasteiger partial charge in [-0.1, -0.05) is 61.5 Å². The Hall–Kier alpha value is -3.61. The van der Waals surface area contributed by atoms with E-state index in [1.165, 1.54) is 4.90 Å². The fourth-order valence-corrected chi connectivity index (χ4v) is 4.93. The minimum atomic E-state index is -0.945. The minimum absolute atomic E-state index is 0.0325. The SMILES string of the molecule is C=CCC1(C(=O)O)CN(C(=O)C[C@@H](CC)NC(=O)OCC2c3ccccc3-c3ccccc32)C1. The van der Waals surface area contributed by atoms with Gasteiger partial charge in [-0.05, 0) is 35.1 Å². The molecule has 0 spiro atoms. The zero-order valence-corrected chi connectivity index (χ0v) is 19.3. The van der Waals surface area contributed by atoms with Crippen LogP contribution in [-0.4, -0.2) is 53.7 Å². The summed E-state index contributed by atoms with van der Waals surface area (Å²) in [5.74, 6) is -1.12. The normalized spacial score (nSPS) is 16.6. The van der Waals surface area contributed by atoms with E-state index in [2.05, 4.69) is 36.2 Å². The molecule has 7 nitrogen and oxygen atoms in total. The quantitative estimate of drug-likeness (QED) is 0.545. The fourth-order valence-electron chi connectivity index (χ4n) is 4.93. The van der Waals surface area contributed by atoms with Crippen LogP contribution >= 0.6 is 0 Å². The molecule has 2 aromatic rings. The third-order valence-corrected chi connectivity index (χ3v) is 6.91. The van der Waals surface area contributed by atoms with E-state index in [0.29, 0.717) is 12.8 Å². The number of nitrogens with zero attached hydrogens (tertiary/aromatic N) is 1. The van der Waals surface area contributed by atoms with Crippen molar-refractivity contribution in [2.24, 2.45) is 5.41 Å². The molecule has 0 radical (unpaired) electrons. The Kier molecular flexibility index (Phi) is 6.72. The summed E-state index contributed by atoms with van der Waals surface area (Å²) < 4.78 is 5.59. The molecule has 2 aromatic carbocycles. The standard InChI is InChI=1S/C27H30N2O5/c1-3-13-27(25(31)32)16-29(17-27)24(30)14-18(4-2)28-26(33)34-15-23-21-11-7-5-9-19(21)20-10-6-8-12-22(20)23/h3,5-12,18,23H,1,4,13-17H2,2H3,(H,28,33)(H,31,32)/t18-/m1/s1. The van der Waals surface area contributed by atoms with Crippen LogP contribution in [0.25, 0.3) is 11.1 Å². The number of hydrogen-bond acceptors (Lipinski definition) is 4. The number of fused-ring (bicyclic) bond motifs is 3. The number of likely N-dealkylation sites (tertiary alicyclic amines) is 1. The minimum Gasteiger partial charge on any atom is -0.481 e. The molecule has 2 N–H and O–H groups in total. The van der Waals surface area contributed by atoms with Gasteiger partial charge in [0.2, 0.25) is 5.91 Å². The highest BCUT2D eigenvalue weighted by Gasteiger charge is 2.50. The number of carbonyl (C=O) groups is 3. The number of allylic oxidation sites excluding steroid dienone is 1. The van der Waals surface area contributed by atoms with Gasteiger partial charge in [0.15, 0.2) is 0 Å². The lowest BCUT2D eigenvalue weighted by Crippen LogP contribution is -2.62. The van der Waals surface area contributed by atoms with E-state index in [0.717, 1.165) is 22.3 Å². The second-order valence-corrected chi connectivity index (χ2v) is 9.11. The van der Waals surface area contributed by atoms with Crippen molar-refractivity contribution in [2.75, 3.05) is 19.7 Å². The van der Waals surface area contributed by atoms with E-state index in [-0.39, 0.29) is 44.0 Å². The molecule has 0 bridgehead atoms. The maximum atomic E-state index is 12.6. The summed E-state index contributed by atoms with van der Waals surface area (Å²) in [6, 6.07) is 15.9. The maximum Gasteiger partial charge on any atom is 0.407 e. The smallest absolute Gasteiger partial charge is 0.407 e. The molecule has 34 heavy (non-hydrogen) atoms. The Balaban J connectivity index is 1.31. The number of carboxylic acids is 1. The average molecular weight is 463 g/mol. The van der Waals surface area contributed by atoms with Gasteiger partial charge in [-0.2, -0.15) is 0 Å². The van der Waals surface area contributed by atoms with Crippen molar-refractivity contribution in [2.45, 2.75) is 38.1 Å². The summed E-state index contributed by atoms with van der Waals surface area (Å²) >= 11 is 0. The molecule has 4 rings (SSSR count). The van der Waals surface area contributed by atoms with Gasteiger partial charge in [0.1, 0.15) is 12.0 Å². The lowest BCUT2D eigenvalue weighted by Gasteiger charge is -2.47. The summed E-state index contributed by atoms with van der Waals surface area (Å²) in [6.45, 7) is 6.03. The molecule has 2 amide bonds. The van der Waals surface area contributed by atoms with Gasteiger partial charge in [0.05, 0.1) is 0 Å². The highest BCUT2D eigenvalue weighted by Crippen LogP contribution is 2.44. The predicted molar refractivity (Wildman–Crippen MR) is 128 cm³/mol. The highest BCUT2D eigenvalue weighted by molar-refractivity contribution is 5.84. The van der Waals surface area contributed by atoms with Crippen LogP contribution in [0.3, 0.4) is 0 Å². The molecule has 1 heterocycles. The summed E-state index contributed by atoms with van der Waals surface area (Å²) in [4.78, 5) is 38.3. The number of carbonyl (C=O) groups excluding carboxylic acids is 2. The molecular formula is C27H30N2O5. The Morgan fingerprint density at radius 1 is 1.15 bits per heavy atom. The Morgan fingerprint density at radius 3 is 2.26 bits per heavy atom. The van der Waals surface area contributed by atoms with Crippen molar-refractivity contribution >= 4 is 18.0 Å². The van der Waals surface area contributed by atoms with E-state index in [9.17, 15) is 19.5 Å². The average Bonchev–Trinajstić information content (AvgIpc) is 3.12. The molecule has 0 aromatic heterocycles. The van der Waals surface area contributed by atoms with E-state index in [1.807, 2.05) is 31.2 Å². The van der Waals surface area contributed by atoms with E-state index in [4.69, 9.17) is 4.74 Å². The predicted octanol–water partition coefficient (Wildman–Crippen LogP) is 4.18. The van der Waals surface area contributed by atoms with Crippen LogP contribution in [0, 0.1) is 5.41 Å². The van der Waals surface area contributed by atoms with Gasteiger partial charge in [-0.15, -0.1) is 6.58 Å². The fraction of sp³-hybridized carbons (Fsp3) is 0.370. The zero-order valence-electron chi connectivity index (χ0n) is 19.3. The zero-order chi connectivity index (χ0) is 24.3. The van der Waals surface area contributed by atoms with Crippen molar-refractivity contribution < 1.29 is 24.2 Å². The van der Waals surface area contributed by atoms with Crippen molar-refractivity contribution in [1.82, 2.24) is 10.2 Å². The third-order valence-electron chi connectivity index (χ3n) is 6.91. The van der Waals surface area contributed by atoms with Crippen LogP contribution in [0.2, 0.25) is 0 Å². The summed E-state index contributed by atoms with van der Waals surface area (Å²) in [5.41, 5.74) is 3.65. The van der Waals surface area contributed by atoms with Gasteiger partial charge < -0.3 is 20.1 Å². The van der Waals surface area contributed by atoms with Crippen molar-refractivity contribution in [3.8, 4) is 11.1 Å². The van der Waals surface area contributed by atoms with Crippen LogP contribution < -0.4 is 5.32 Å². The maximum absolute atomic E-state index is 12.6. The Labute approximate surface area is 199 Å². The van der Waals surface area contributed by atoms with Crippen LogP contribution in [0.5, 0.6) is 0 Å². The number of carboxylic acid groups (broad SMARTS) is 1. The molecule has 7 heteroatoms. The molecule has 1 saturated heterocycles. The van der Waals surface area contributed by atoms with Crippen molar-refractivity contribution in [1.29, 1.82) is 0 Å². The Bertz CT molecular complexity index is 1060. The number of benzene rings is 2. The molecule has 2 aliphatic rings. The third kappa shape index (κ3) is 4.42. The van der Waals surface area contributed by atoms with Gasteiger partial charge in [-0.3, -0.25) is 9.59 Å². The lowest BCUT2D eigenvalue weighted by molar-refractivity contribution is -0.165. The number of rotatable bonds is 9. The molecular weight excluding hydrogens is 432 g/mol. The van der Waals surface area contributed by atoms with E-state index >= 15 is 0 Å². The second kappa shape index (κ2) is 9.71. The van der Waals surface area contributed by atoms with Crippen LogP contribution in [0.4, 0.5) is 4.79 Å². The number of aliphatic carboxylic acids is 1. The van der Waals surface area contributed by atoms with Crippen molar-refractivity contribution in [3.63, 3.8) is 0 Å². The van der Waals surface area contributed by atoms with Crippen LogP contribution in [-0.2, 0) is 14.3 Å². The summed E-state index contributed by atoms with van der Waals surface area (Å²) in [6.07, 6.45) is 1.99. The number of alkyl carbamates (subject to hydrolysis) is 1. The first kappa shape index (κ1) is 23.5. The molecule has 1 aliphatic heterocycles. The molecule has 178 valence electrons. The second-order valence-electron chi connectivity index (χ2n) is 9.11. The molecule has 0 unspecified atom stereocenters. The summed E-state index contributed by atoms with van der Waals surface area (Å²) in [5, 5.41) is 12.3. The van der Waals surface area contributed by atoms with E-state index < -0.39 is 17.5 Å². The Morgan fingerprint density at radius 2 is 1.74 bits per heavy atom. The first-order valence-electron chi connectivity index (χ1n) is 11.6. The number of hydrogen-bond donors (Lipinski definition) is 2. The largest absolute Gasteiger partial charge is 0.481 e. The van der Waals surface area contributed by atoms with Gasteiger partial charge in [-0.25, -0.2) is 4.79 Å². The van der Waals surface area contributed by atoms with Gasteiger partial charge >= 0.3 is 12.1 Å². The summed E-state index contributed by atoms with van der Waals surface area (Å²) in [7, 11) is 0. The topological polar surface area (TPSA) is 95.9 Å². The molecule has 1 aliphatic carbocycles. The first-order chi connectivity index (χ1) is 16.4. The molecule has 1 atom stereocenters.